The molecule has 4 heterocycles. The third kappa shape index (κ3) is 3.03. The van der Waals surface area contributed by atoms with E-state index in [1.165, 1.54) is 17.4 Å². The number of hydrogen-bond donors (Lipinski definition) is 0. The lowest BCUT2D eigenvalue weighted by Crippen LogP contribution is -2.26. The molecule has 1 atom stereocenters. The number of fused-ring (bicyclic) bond motifs is 4. The van der Waals surface area contributed by atoms with Crippen LogP contribution in [-0.2, 0) is 16.0 Å². The van der Waals surface area contributed by atoms with Crippen LogP contribution in [0.2, 0.25) is 0 Å². The van der Waals surface area contributed by atoms with Gasteiger partial charge >= 0.3 is 0 Å². The van der Waals surface area contributed by atoms with E-state index in [1.54, 1.807) is 4.57 Å². The molecule has 1 saturated heterocycles. The highest BCUT2D eigenvalue weighted by atomic mass is 16.5. The first-order valence-electron chi connectivity index (χ1n) is 9.68. The molecule has 29 heavy (non-hydrogen) atoms. The van der Waals surface area contributed by atoms with Crippen molar-refractivity contribution in [2.45, 2.75) is 32.4 Å². The van der Waals surface area contributed by atoms with E-state index in [0.717, 1.165) is 25.0 Å². The Kier molecular flexibility index (Phi) is 4.44. The van der Waals surface area contributed by atoms with Crippen LogP contribution in [0.1, 0.15) is 19.8 Å². The molecule has 3 aromatic heterocycles. The Labute approximate surface area is 165 Å². The summed E-state index contributed by atoms with van der Waals surface area (Å²) in [5.74, 6) is 0. The average molecular weight is 392 g/mol. The molecule has 0 spiro atoms. The first-order chi connectivity index (χ1) is 14.3. The monoisotopic (exact) mass is 392 g/mol. The second kappa shape index (κ2) is 7.25. The van der Waals surface area contributed by atoms with Crippen LogP contribution in [0.25, 0.3) is 33.2 Å². The highest BCUT2D eigenvalue weighted by molar-refractivity contribution is 6.04. The van der Waals surface area contributed by atoms with Crippen molar-refractivity contribution in [3.63, 3.8) is 0 Å². The van der Waals surface area contributed by atoms with Gasteiger partial charge in [0.05, 0.1) is 30.3 Å². The fraction of sp³-hybridized carbons (Fsp3) is 0.350. The van der Waals surface area contributed by atoms with Gasteiger partial charge in [-0.1, -0.05) is 12.1 Å². The van der Waals surface area contributed by atoms with Gasteiger partial charge in [-0.05, 0) is 31.9 Å². The number of para-hydroxylation sites is 2. The van der Waals surface area contributed by atoms with Gasteiger partial charge in [-0.3, -0.25) is 9.36 Å². The summed E-state index contributed by atoms with van der Waals surface area (Å²) in [6.45, 7) is 3.56. The summed E-state index contributed by atoms with van der Waals surface area (Å²) in [7, 11) is 0. The van der Waals surface area contributed by atoms with Gasteiger partial charge in [0.2, 0.25) is 0 Å². The molecule has 1 aliphatic heterocycles. The smallest absolute Gasteiger partial charge is 0.265 e. The van der Waals surface area contributed by atoms with E-state index in [1.807, 2.05) is 31.2 Å². The zero-order valence-electron chi connectivity index (χ0n) is 16.0. The van der Waals surface area contributed by atoms with Gasteiger partial charge in [0.1, 0.15) is 17.2 Å². The largest absolute Gasteiger partial charge is 0.482 e. The standard InChI is InChI=1S/C20H20N6O3/c1-2-28-12-22-26-18-16(17-19(26)24-15-8-4-3-7-14(15)23-17)20(27)25(11-21-18)10-13-6-5-9-29-13/h3-4,7-8,11-13H,2,5-6,9-10H2,1H3/b22-12-/t13-/m1/s1. The maximum absolute atomic E-state index is 13.3. The maximum atomic E-state index is 13.3. The molecule has 0 unspecified atom stereocenters. The quantitative estimate of drug-likeness (QED) is 0.382. The Morgan fingerprint density at radius 1 is 1.28 bits per heavy atom. The number of hydrogen-bond acceptors (Lipinski definition) is 7. The van der Waals surface area contributed by atoms with E-state index < -0.39 is 0 Å². The van der Waals surface area contributed by atoms with Gasteiger partial charge in [-0.15, -0.1) is 5.10 Å². The van der Waals surface area contributed by atoms with Crippen molar-refractivity contribution in [2.75, 3.05) is 13.2 Å². The number of nitrogens with zero attached hydrogens (tertiary/aromatic N) is 6. The molecular formula is C20H20N6O3. The van der Waals surface area contributed by atoms with Crippen LogP contribution < -0.4 is 5.56 Å². The number of aromatic nitrogens is 5. The maximum Gasteiger partial charge on any atom is 0.265 e. The van der Waals surface area contributed by atoms with Crippen molar-refractivity contribution in [1.82, 2.24) is 24.2 Å². The van der Waals surface area contributed by atoms with Crippen LogP contribution in [0.3, 0.4) is 0 Å². The van der Waals surface area contributed by atoms with Gasteiger partial charge in [0.15, 0.2) is 17.7 Å². The van der Waals surface area contributed by atoms with Gasteiger partial charge < -0.3 is 9.47 Å². The molecule has 9 heteroatoms. The lowest BCUT2D eigenvalue weighted by molar-refractivity contribution is 0.0960. The highest BCUT2D eigenvalue weighted by Gasteiger charge is 2.22. The molecule has 0 bridgehead atoms. The molecule has 0 aliphatic carbocycles. The predicted octanol–water partition coefficient (Wildman–Crippen LogP) is 2.30. The molecule has 0 amide bonds. The van der Waals surface area contributed by atoms with Crippen molar-refractivity contribution >= 4 is 39.6 Å². The molecule has 1 aliphatic rings. The number of rotatable bonds is 5. The Bertz CT molecular complexity index is 1290. The lowest BCUT2D eigenvalue weighted by atomic mass is 10.2. The normalized spacial score (nSPS) is 17.2. The zero-order chi connectivity index (χ0) is 19.8. The van der Waals surface area contributed by atoms with Gasteiger partial charge in [0.25, 0.3) is 5.56 Å². The Morgan fingerprint density at radius 2 is 2.10 bits per heavy atom. The summed E-state index contributed by atoms with van der Waals surface area (Å²) in [5.41, 5.74) is 2.60. The Hall–Kier alpha value is -3.33. The van der Waals surface area contributed by atoms with Crippen molar-refractivity contribution in [1.29, 1.82) is 0 Å². The average Bonchev–Trinajstić information content (AvgIpc) is 3.35. The summed E-state index contributed by atoms with van der Waals surface area (Å²) in [6.07, 6.45) is 4.85. The second-order valence-corrected chi connectivity index (χ2v) is 6.91. The van der Waals surface area contributed by atoms with Gasteiger partial charge in [-0.2, -0.15) is 4.68 Å². The summed E-state index contributed by atoms with van der Waals surface area (Å²) in [4.78, 5) is 27.2. The number of ether oxygens (including phenoxy) is 2. The molecule has 1 fully saturated rings. The van der Waals surface area contributed by atoms with Crippen LogP contribution in [0.5, 0.6) is 0 Å². The van der Waals surface area contributed by atoms with E-state index in [-0.39, 0.29) is 11.7 Å². The third-order valence-electron chi connectivity index (χ3n) is 5.04. The molecular weight excluding hydrogens is 372 g/mol. The summed E-state index contributed by atoms with van der Waals surface area (Å²) in [5, 5.41) is 4.72. The minimum atomic E-state index is -0.176. The van der Waals surface area contributed by atoms with E-state index in [2.05, 4.69) is 15.1 Å². The van der Waals surface area contributed by atoms with Crippen molar-refractivity contribution in [2.24, 2.45) is 5.10 Å². The topological polar surface area (TPSA) is 96.4 Å². The van der Waals surface area contributed by atoms with E-state index >= 15 is 0 Å². The van der Waals surface area contributed by atoms with Crippen LogP contribution in [0.4, 0.5) is 0 Å². The van der Waals surface area contributed by atoms with Crippen molar-refractivity contribution in [3.8, 4) is 0 Å². The SMILES string of the molecule is CCO/C=N\n1c2nc3ccccc3nc2c2c(=O)n(C[C@H]3CCCO3)cnc21. The van der Waals surface area contributed by atoms with Crippen LogP contribution in [-0.4, -0.2) is 49.9 Å². The first kappa shape index (κ1) is 17.7. The van der Waals surface area contributed by atoms with Crippen molar-refractivity contribution in [3.05, 3.63) is 40.9 Å². The number of benzene rings is 1. The van der Waals surface area contributed by atoms with E-state index in [0.29, 0.717) is 40.9 Å². The molecule has 9 nitrogen and oxygen atoms in total. The summed E-state index contributed by atoms with van der Waals surface area (Å²) < 4.78 is 14.0. The minimum absolute atomic E-state index is 0.0307. The molecule has 5 rings (SSSR count). The summed E-state index contributed by atoms with van der Waals surface area (Å²) in [6, 6.07) is 7.53. The molecule has 4 aromatic rings. The van der Waals surface area contributed by atoms with E-state index in [4.69, 9.17) is 14.5 Å². The van der Waals surface area contributed by atoms with Crippen LogP contribution >= 0.6 is 0 Å². The fourth-order valence-electron chi connectivity index (χ4n) is 3.66. The van der Waals surface area contributed by atoms with E-state index in [9.17, 15) is 4.79 Å². The van der Waals surface area contributed by atoms with Gasteiger partial charge in [0, 0.05) is 6.61 Å². The molecule has 0 radical (unpaired) electrons. The second-order valence-electron chi connectivity index (χ2n) is 6.91. The summed E-state index contributed by atoms with van der Waals surface area (Å²) >= 11 is 0. The molecule has 0 saturated carbocycles. The lowest BCUT2D eigenvalue weighted by Gasteiger charge is -2.11. The molecule has 148 valence electrons. The zero-order valence-corrected chi connectivity index (χ0v) is 16.0. The Morgan fingerprint density at radius 3 is 2.86 bits per heavy atom. The van der Waals surface area contributed by atoms with Crippen LogP contribution in [0.15, 0.2) is 40.5 Å². The predicted molar refractivity (Wildman–Crippen MR) is 109 cm³/mol. The molecule has 0 N–H and O–H groups in total. The Balaban J connectivity index is 1.77. The minimum Gasteiger partial charge on any atom is -0.482 e. The fourth-order valence-corrected chi connectivity index (χ4v) is 3.66. The third-order valence-corrected chi connectivity index (χ3v) is 5.04. The molecule has 1 aromatic carbocycles. The van der Waals surface area contributed by atoms with Gasteiger partial charge in [-0.25, -0.2) is 15.0 Å². The first-order valence-corrected chi connectivity index (χ1v) is 9.68. The highest BCUT2D eigenvalue weighted by Crippen LogP contribution is 2.25. The van der Waals surface area contributed by atoms with Crippen LogP contribution in [0, 0.1) is 0 Å². The van der Waals surface area contributed by atoms with Crippen molar-refractivity contribution < 1.29 is 9.47 Å².